The van der Waals surface area contributed by atoms with E-state index < -0.39 is 12.0 Å². The lowest BCUT2D eigenvalue weighted by molar-refractivity contribution is -0.139. The largest absolute Gasteiger partial charge is 0.463 e. The summed E-state index contributed by atoms with van der Waals surface area (Å²) in [5, 5.41) is 2.28. The van der Waals surface area contributed by atoms with Crippen molar-refractivity contribution in [2.45, 2.75) is 29.9 Å². The molecule has 7 nitrogen and oxygen atoms in total. The van der Waals surface area contributed by atoms with Gasteiger partial charge in [-0.15, -0.1) is 0 Å². The van der Waals surface area contributed by atoms with Crippen molar-refractivity contribution < 1.29 is 13.9 Å². The Morgan fingerprint density at radius 1 is 1.15 bits per heavy atom. The molecule has 3 aromatic heterocycles. The molecule has 200 valence electrons. The molecule has 0 N–H and O–H groups in total. The fourth-order valence-corrected chi connectivity index (χ4v) is 6.67. The number of furan rings is 1. The molecule has 5 aromatic rings. The second-order valence-electron chi connectivity index (χ2n) is 8.94. The van der Waals surface area contributed by atoms with Crippen LogP contribution in [-0.4, -0.2) is 22.1 Å². The molecule has 0 saturated carbocycles. The van der Waals surface area contributed by atoms with Gasteiger partial charge in [-0.1, -0.05) is 53.3 Å². The Labute approximate surface area is 242 Å². The van der Waals surface area contributed by atoms with Crippen molar-refractivity contribution in [3.05, 3.63) is 120 Å². The maximum atomic E-state index is 13.8. The molecule has 40 heavy (non-hydrogen) atoms. The van der Waals surface area contributed by atoms with Crippen molar-refractivity contribution in [3.8, 4) is 0 Å². The molecule has 1 aliphatic heterocycles. The van der Waals surface area contributed by atoms with Crippen LogP contribution in [0.25, 0.3) is 17.0 Å². The van der Waals surface area contributed by atoms with E-state index in [0.29, 0.717) is 36.5 Å². The van der Waals surface area contributed by atoms with Gasteiger partial charge >= 0.3 is 5.97 Å². The molecule has 0 fully saturated rings. The van der Waals surface area contributed by atoms with Crippen molar-refractivity contribution in [1.29, 1.82) is 0 Å². The van der Waals surface area contributed by atoms with E-state index in [2.05, 4.69) is 9.98 Å². The first-order valence-corrected chi connectivity index (χ1v) is 14.5. The third-order valence-corrected chi connectivity index (χ3v) is 8.59. The zero-order chi connectivity index (χ0) is 27.8. The first kappa shape index (κ1) is 26.3. The number of pyridine rings is 1. The van der Waals surface area contributed by atoms with E-state index in [1.807, 2.05) is 42.5 Å². The monoisotopic (exact) mass is 587 g/mol. The third kappa shape index (κ3) is 4.92. The summed E-state index contributed by atoms with van der Waals surface area (Å²) in [7, 11) is 0. The molecular weight excluding hydrogens is 566 g/mol. The van der Waals surface area contributed by atoms with Crippen molar-refractivity contribution >= 4 is 57.6 Å². The summed E-state index contributed by atoms with van der Waals surface area (Å²) in [5.74, 6) is 0.0268. The van der Waals surface area contributed by atoms with Crippen molar-refractivity contribution in [2.24, 2.45) is 4.99 Å². The minimum Gasteiger partial charge on any atom is -0.463 e. The first-order chi connectivity index (χ1) is 19.4. The van der Waals surface area contributed by atoms with Crippen molar-refractivity contribution in [1.82, 2.24) is 9.55 Å². The summed E-state index contributed by atoms with van der Waals surface area (Å²) in [4.78, 5) is 37.4. The molecule has 0 spiro atoms. The Hall–Kier alpha value is -3.92. The minimum atomic E-state index is -0.698. The summed E-state index contributed by atoms with van der Waals surface area (Å²) < 4.78 is 13.4. The van der Waals surface area contributed by atoms with Gasteiger partial charge in [0.2, 0.25) is 0 Å². The van der Waals surface area contributed by atoms with Crippen LogP contribution in [0.1, 0.15) is 31.2 Å². The highest BCUT2D eigenvalue weighted by Gasteiger charge is 2.33. The molecule has 1 aliphatic rings. The van der Waals surface area contributed by atoms with Crippen molar-refractivity contribution in [3.63, 3.8) is 0 Å². The van der Waals surface area contributed by atoms with E-state index in [1.165, 1.54) is 23.1 Å². The van der Waals surface area contributed by atoms with Gasteiger partial charge in [0.1, 0.15) is 5.76 Å². The van der Waals surface area contributed by atoms with Gasteiger partial charge in [0.25, 0.3) is 5.56 Å². The number of halogens is 1. The van der Waals surface area contributed by atoms with Gasteiger partial charge in [-0.2, -0.15) is 0 Å². The summed E-state index contributed by atoms with van der Waals surface area (Å²) in [6, 6.07) is 20.0. The molecule has 0 amide bonds. The predicted molar refractivity (Wildman–Crippen MR) is 156 cm³/mol. The number of allylic oxidation sites excluding steroid dienone is 1. The van der Waals surface area contributed by atoms with Gasteiger partial charge < -0.3 is 9.15 Å². The number of nitrogens with zero attached hydrogens (tertiary/aromatic N) is 3. The van der Waals surface area contributed by atoms with E-state index >= 15 is 0 Å². The lowest BCUT2D eigenvalue weighted by Crippen LogP contribution is -2.39. The number of fused-ring (bicyclic) bond motifs is 2. The van der Waals surface area contributed by atoms with Crippen LogP contribution in [-0.2, 0) is 9.53 Å². The zero-order valence-electron chi connectivity index (χ0n) is 21.5. The Morgan fingerprint density at radius 2 is 1.95 bits per heavy atom. The fraction of sp³-hybridized carbons (Fsp3) is 0.133. The number of carbonyl (C=O) groups excluding carboxylic acids is 1. The molecule has 0 saturated heterocycles. The molecule has 0 radical (unpaired) electrons. The number of ether oxygens (including phenoxy) is 1. The molecule has 0 unspecified atom stereocenters. The molecule has 0 aliphatic carbocycles. The fourth-order valence-electron chi connectivity index (χ4n) is 4.61. The van der Waals surface area contributed by atoms with Crippen LogP contribution in [0.3, 0.4) is 0 Å². The SMILES string of the molecule is CCOC(=O)C1=C(C)N=c2s/c(=C\c3ccc(Sc4cccc5cccnc45)o3)c(=O)n2[C@@H]1c1ccc(Cl)cc1. The van der Waals surface area contributed by atoms with Gasteiger partial charge in [0.15, 0.2) is 9.89 Å². The Kier molecular flexibility index (Phi) is 7.18. The summed E-state index contributed by atoms with van der Waals surface area (Å²) in [5.41, 5.74) is 2.18. The Balaban J connectivity index is 1.40. The second-order valence-corrected chi connectivity index (χ2v) is 11.4. The molecule has 0 bridgehead atoms. The normalized spacial score (nSPS) is 15.3. The summed E-state index contributed by atoms with van der Waals surface area (Å²) in [6.45, 7) is 3.71. The zero-order valence-corrected chi connectivity index (χ0v) is 23.8. The minimum absolute atomic E-state index is 0.209. The highest BCUT2D eigenvalue weighted by molar-refractivity contribution is 7.99. The maximum Gasteiger partial charge on any atom is 0.338 e. The number of carbonyl (C=O) groups is 1. The molecule has 2 aromatic carbocycles. The lowest BCUT2D eigenvalue weighted by atomic mass is 9.96. The van der Waals surface area contributed by atoms with Crippen LogP contribution in [0.4, 0.5) is 0 Å². The molecule has 6 rings (SSSR count). The van der Waals surface area contributed by atoms with Crippen LogP contribution in [0, 0.1) is 0 Å². The molecule has 10 heteroatoms. The number of hydrogen-bond acceptors (Lipinski definition) is 8. The predicted octanol–water partition coefficient (Wildman–Crippen LogP) is 5.74. The van der Waals surface area contributed by atoms with E-state index in [1.54, 1.807) is 55.0 Å². The van der Waals surface area contributed by atoms with E-state index in [0.717, 1.165) is 21.4 Å². The number of thiazole rings is 1. The Morgan fingerprint density at radius 3 is 2.75 bits per heavy atom. The van der Waals surface area contributed by atoms with Crippen LogP contribution in [0.2, 0.25) is 5.02 Å². The average Bonchev–Trinajstić information content (AvgIpc) is 3.52. The highest BCUT2D eigenvalue weighted by atomic mass is 35.5. The quantitative estimate of drug-likeness (QED) is 0.235. The van der Waals surface area contributed by atoms with E-state index in [9.17, 15) is 9.59 Å². The van der Waals surface area contributed by atoms with Crippen LogP contribution >= 0.6 is 34.7 Å². The van der Waals surface area contributed by atoms with E-state index in [4.69, 9.17) is 20.8 Å². The molecular formula is C30H22ClN3O4S2. The lowest BCUT2D eigenvalue weighted by Gasteiger charge is -2.24. The van der Waals surface area contributed by atoms with Crippen LogP contribution in [0.15, 0.2) is 108 Å². The topological polar surface area (TPSA) is 86.7 Å². The van der Waals surface area contributed by atoms with Gasteiger partial charge in [0.05, 0.1) is 34.0 Å². The summed E-state index contributed by atoms with van der Waals surface area (Å²) >= 11 is 8.84. The number of hydrogen-bond donors (Lipinski definition) is 0. The first-order valence-electron chi connectivity index (χ1n) is 12.5. The van der Waals surface area contributed by atoms with Gasteiger partial charge in [-0.05, 0) is 67.6 Å². The molecule has 4 heterocycles. The summed E-state index contributed by atoms with van der Waals surface area (Å²) in [6.07, 6.45) is 3.48. The smallest absolute Gasteiger partial charge is 0.338 e. The maximum absolute atomic E-state index is 13.8. The number of aromatic nitrogens is 2. The molecule has 1 atom stereocenters. The van der Waals surface area contributed by atoms with Gasteiger partial charge in [-0.25, -0.2) is 9.79 Å². The standard InChI is InChI=1S/C30H22ClN3O4S2/c1-3-37-29(36)25-17(2)33-30-34(27(25)19-9-11-20(31)12-10-19)28(35)23(40-30)16-21-13-14-24(38-21)39-22-8-4-6-18-7-5-15-32-26(18)22/h4-16,27H,3H2,1-2H3/b23-16-/t27-/m1/s1. The number of esters is 1. The Bertz CT molecular complexity index is 1970. The highest BCUT2D eigenvalue weighted by Crippen LogP contribution is 2.34. The van der Waals surface area contributed by atoms with E-state index in [-0.39, 0.29) is 12.2 Å². The van der Waals surface area contributed by atoms with Crippen molar-refractivity contribution in [2.75, 3.05) is 6.61 Å². The van der Waals surface area contributed by atoms with Crippen LogP contribution in [0.5, 0.6) is 0 Å². The third-order valence-electron chi connectivity index (χ3n) is 6.38. The number of rotatable bonds is 6. The van der Waals surface area contributed by atoms with Gasteiger partial charge in [0, 0.05) is 27.6 Å². The van der Waals surface area contributed by atoms with Gasteiger partial charge in [-0.3, -0.25) is 14.3 Å². The second kappa shape index (κ2) is 10.9. The van der Waals surface area contributed by atoms with Crippen LogP contribution < -0.4 is 14.9 Å². The number of para-hydroxylation sites is 1. The average molecular weight is 588 g/mol. The number of benzene rings is 2.